The Labute approximate surface area is 133 Å². The lowest BCUT2D eigenvalue weighted by atomic mass is 9.97. The van der Waals surface area contributed by atoms with Gasteiger partial charge in [-0.2, -0.15) is 13.2 Å². The van der Waals surface area contributed by atoms with E-state index in [4.69, 9.17) is 9.84 Å². The minimum atomic E-state index is -5.08. The number of alkyl halides is 4. The minimum Gasteiger partial charge on any atom is -0.478 e. The summed E-state index contributed by atoms with van der Waals surface area (Å²) in [5.74, 6) is -2.62. The van der Waals surface area contributed by atoms with Gasteiger partial charge in [-0.25, -0.2) is 13.6 Å². The molecule has 2 aromatic carbocycles. The van der Waals surface area contributed by atoms with Crippen LogP contribution in [0, 0.1) is 5.82 Å². The molecule has 0 aliphatic heterocycles. The van der Waals surface area contributed by atoms with E-state index < -0.39 is 29.2 Å². The second-order valence-corrected chi connectivity index (χ2v) is 5.08. The topological polar surface area (TPSA) is 46.5 Å². The second kappa shape index (κ2) is 6.10. The largest absolute Gasteiger partial charge is 0.478 e. The molecule has 1 unspecified atom stereocenters. The van der Waals surface area contributed by atoms with Crippen LogP contribution in [-0.2, 0) is 5.67 Å². The van der Waals surface area contributed by atoms with E-state index >= 15 is 0 Å². The summed E-state index contributed by atoms with van der Waals surface area (Å²) in [5.41, 5.74) is -4.43. The summed E-state index contributed by atoms with van der Waals surface area (Å²) in [7, 11) is 0. The maximum atomic E-state index is 13.8. The summed E-state index contributed by atoms with van der Waals surface area (Å²) in [6.07, 6.45) is -5.08. The van der Waals surface area contributed by atoms with Crippen LogP contribution in [0.15, 0.2) is 42.5 Å². The van der Waals surface area contributed by atoms with Crippen LogP contribution in [0.5, 0.6) is 11.5 Å². The zero-order valence-corrected chi connectivity index (χ0v) is 12.2. The van der Waals surface area contributed by atoms with Crippen molar-refractivity contribution in [3.8, 4) is 11.5 Å². The molecular weight excluding hydrogens is 335 g/mol. The Morgan fingerprint density at radius 3 is 2.08 bits per heavy atom. The fourth-order valence-electron chi connectivity index (χ4n) is 1.84. The van der Waals surface area contributed by atoms with Crippen LogP contribution in [0.25, 0.3) is 0 Å². The van der Waals surface area contributed by atoms with Crippen molar-refractivity contribution in [2.75, 3.05) is 0 Å². The molecule has 0 radical (unpaired) electrons. The molecule has 0 saturated carbocycles. The molecule has 0 amide bonds. The molecule has 2 aromatic rings. The minimum absolute atomic E-state index is 0.0290. The van der Waals surface area contributed by atoms with Crippen molar-refractivity contribution in [2.45, 2.75) is 18.8 Å². The molecule has 24 heavy (non-hydrogen) atoms. The highest BCUT2D eigenvalue weighted by molar-refractivity contribution is 5.87. The van der Waals surface area contributed by atoms with Crippen LogP contribution in [0.4, 0.5) is 22.0 Å². The molecule has 1 N–H and O–H groups in total. The van der Waals surface area contributed by atoms with E-state index in [1.807, 2.05) is 0 Å². The van der Waals surface area contributed by atoms with Crippen LogP contribution in [0.1, 0.15) is 22.8 Å². The van der Waals surface area contributed by atoms with Crippen molar-refractivity contribution >= 4 is 5.97 Å². The molecule has 0 aromatic heterocycles. The highest BCUT2D eigenvalue weighted by atomic mass is 19.4. The average Bonchev–Trinajstić information content (AvgIpc) is 2.48. The monoisotopic (exact) mass is 346 g/mol. The number of carbonyl (C=O) groups is 1. The first-order valence-corrected chi connectivity index (χ1v) is 6.59. The standard InChI is InChI=1S/C16H11F5O3/c1-15(18,16(19,20)21)10-3-5-11(6-4-10)24-13-7-2-9(14(22)23)8-12(13)17/h2-8H,1H3,(H,22,23). The number of carboxylic acids is 1. The summed E-state index contributed by atoms with van der Waals surface area (Å²) in [5, 5.41) is 8.73. The molecule has 0 bridgehead atoms. The highest BCUT2D eigenvalue weighted by Gasteiger charge is 2.53. The number of hydrogen-bond acceptors (Lipinski definition) is 2. The van der Waals surface area contributed by atoms with E-state index in [2.05, 4.69) is 0 Å². The number of benzene rings is 2. The lowest BCUT2D eigenvalue weighted by molar-refractivity contribution is -0.228. The highest BCUT2D eigenvalue weighted by Crippen LogP contribution is 2.42. The molecule has 0 fully saturated rings. The Morgan fingerprint density at radius 2 is 1.62 bits per heavy atom. The molecule has 0 aliphatic rings. The van der Waals surface area contributed by atoms with Crippen molar-refractivity contribution in [3.05, 3.63) is 59.4 Å². The number of carboxylic acid groups (broad SMARTS) is 1. The molecule has 128 valence electrons. The first kappa shape index (κ1) is 17.7. The van der Waals surface area contributed by atoms with Crippen molar-refractivity contribution < 1.29 is 36.6 Å². The number of ether oxygens (including phenoxy) is 1. The van der Waals surface area contributed by atoms with Crippen molar-refractivity contribution in [1.82, 2.24) is 0 Å². The molecule has 0 saturated heterocycles. The fraction of sp³-hybridized carbons (Fsp3) is 0.188. The molecule has 8 heteroatoms. The van der Waals surface area contributed by atoms with Gasteiger partial charge in [-0.1, -0.05) is 12.1 Å². The normalized spacial score (nSPS) is 14.1. The van der Waals surface area contributed by atoms with Crippen LogP contribution in [0.3, 0.4) is 0 Å². The van der Waals surface area contributed by atoms with Gasteiger partial charge in [-0.3, -0.25) is 0 Å². The fourth-order valence-corrected chi connectivity index (χ4v) is 1.84. The lowest BCUT2D eigenvalue weighted by Gasteiger charge is -2.24. The van der Waals surface area contributed by atoms with Crippen LogP contribution in [-0.4, -0.2) is 17.3 Å². The quantitative estimate of drug-likeness (QED) is 0.787. The van der Waals surface area contributed by atoms with E-state index in [0.29, 0.717) is 6.92 Å². The van der Waals surface area contributed by atoms with Gasteiger partial charge in [0.25, 0.3) is 0 Å². The Balaban J connectivity index is 2.22. The first-order valence-electron chi connectivity index (χ1n) is 6.59. The number of hydrogen-bond donors (Lipinski definition) is 1. The van der Waals surface area contributed by atoms with Crippen molar-refractivity contribution in [3.63, 3.8) is 0 Å². The van der Waals surface area contributed by atoms with Gasteiger partial charge >= 0.3 is 12.1 Å². The Morgan fingerprint density at radius 1 is 1.04 bits per heavy atom. The number of aromatic carboxylic acids is 1. The van der Waals surface area contributed by atoms with E-state index in [0.717, 1.165) is 42.5 Å². The second-order valence-electron chi connectivity index (χ2n) is 5.08. The summed E-state index contributed by atoms with van der Waals surface area (Å²) >= 11 is 0. The zero-order chi connectivity index (χ0) is 18.1. The Hall–Kier alpha value is -2.64. The van der Waals surface area contributed by atoms with Gasteiger partial charge in [0, 0.05) is 0 Å². The maximum Gasteiger partial charge on any atom is 0.426 e. The molecule has 0 aliphatic carbocycles. The Kier molecular flexibility index (Phi) is 4.50. The third-order valence-corrected chi connectivity index (χ3v) is 3.34. The van der Waals surface area contributed by atoms with Gasteiger partial charge in [-0.05, 0) is 42.8 Å². The van der Waals surface area contributed by atoms with Gasteiger partial charge in [0.2, 0.25) is 5.67 Å². The van der Waals surface area contributed by atoms with Crippen molar-refractivity contribution in [1.29, 1.82) is 0 Å². The number of halogens is 5. The third kappa shape index (κ3) is 3.47. The van der Waals surface area contributed by atoms with Gasteiger partial charge in [0.15, 0.2) is 11.6 Å². The van der Waals surface area contributed by atoms with Crippen LogP contribution < -0.4 is 4.74 Å². The predicted molar refractivity (Wildman–Crippen MR) is 74.4 cm³/mol. The summed E-state index contributed by atoms with van der Waals surface area (Å²) in [4.78, 5) is 10.7. The van der Waals surface area contributed by atoms with E-state index in [1.165, 1.54) is 0 Å². The van der Waals surface area contributed by atoms with Gasteiger partial charge in [0.1, 0.15) is 5.75 Å². The van der Waals surface area contributed by atoms with Gasteiger partial charge in [-0.15, -0.1) is 0 Å². The van der Waals surface area contributed by atoms with Gasteiger partial charge in [0.05, 0.1) is 5.56 Å². The lowest BCUT2D eigenvalue weighted by Crippen LogP contribution is -2.34. The summed E-state index contributed by atoms with van der Waals surface area (Å²) < 4.78 is 70.5. The zero-order valence-electron chi connectivity index (χ0n) is 12.2. The average molecular weight is 346 g/mol. The van der Waals surface area contributed by atoms with Crippen LogP contribution in [0.2, 0.25) is 0 Å². The summed E-state index contributed by atoms with van der Waals surface area (Å²) in [6, 6.07) is 6.80. The SMILES string of the molecule is CC(F)(c1ccc(Oc2ccc(C(=O)O)cc2F)cc1)C(F)(F)F. The smallest absolute Gasteiger partial charge is 0.426 e. The molecule has 1 atom stereocenters. The van der Waals surface area contributed by atoms with Gasteiger partial charge < -0.3 is 9.84 Å². The first-order chi connectivity index (χ1) is 11.0. The van der Waals surface area contributed by atoms with E-state index in [-0.39, 0.29) is 17.1 Å². The van der Waals surface area contributed by atoms with E-state index in [9.17, 15) is 26.7 Å². The molecule has 0 heterocycles. The van der Waals surface area contributed by atoms with E-state index in [1.54, 1.807) is 0 Å². The molecule has 3 nitrogen and oxygen atoms in total. The molecular formula is C16H11F5O3. The molecule has 0 spiro atoms. The van der Waals surface area contributed by atoms with Crippen LogP contribution >= 0.6 is 0 Å². The maximum absolute atomic E-state index is 13.8. The molecule has 2 rings (SSSR count). The third-order valence-electron chi connectivity index (χ3n) is 3.34. The van der Waals surface area contributed by atoms with Crippen molar-refractivity contribution in [2.24, 2.45) is 0 Å². The Bertz CT molecular complexity index is 751. The predicted octanol–water partition coefficient (Wildman–Crippen LogP) is 5.06. The number of rotatable bonds is 4. The summed E-state index contributed by atoms with van der Waals surface area (Å²) in [6.45, 7) is 0.396.